The summed E-state index contributed by atoms with van der Waals surface area (Å²) in [6.07, 6.45) is 4.19. The van der Waals surface area contributed by atoms with Gasteiger partial charge in [-0.05, 0) is 52.2 Å². The van der Waals surface area contributed by atoms with Gasteiger partial charge in [-0.15, -0.1) is 0 Å². The number of hydrogen-bond donors (Lipinski definition) is 0. The Hall–Kier alpha value is -0.120. The lowest BCUT2D eigenvalue weighted by Crippen LogP contribution is -2.38. The van der Waals surface area contributed by atoms with E-state index in [0.29, 0.717) is 0 Å². The molecule has 0 aromatic carbocycles. The minimum atomic E-state index is 0.838. The van der Waals surface area contributed by atoms with Crippen LogP contribution in [0.5, 0.6) is 0 Å². The summed E-state index contributed by atoms with van der Waals surface area (Å²) in [4.78, 5) is 5.14. The second kappa shape index (κ2) is 5.99. The van der Waals surface area contributed by atoms with Crippen molar-refractivity contribution in [1.82, 2.24) is 9.80 Å². The van der Waals surface area contributed by atoms with E-state index in [-0.39, 0.29) is 0 Å². The number of nitrogens with zero attached hydrogens (tertiary/aromatic N) is 2. The van der Waals surface area contributed by atoms with Gasteiger partial charge in [-0.3, -0.25) is 4.90 Å². The molecule has 0 saturated carbocycles. The smallest absolute Gasteiger partial charge is 0.0593 e. The molecule has 0 N–H and O–H groups in total. The van der Waals surface area contributed by atoms with Crippen LogP contribution in [0.3, 0.4) is 0 Å². The highest BCUT2D eigenvalue weighted by molar-refractivity contribution is 4.89. The predicted octanol–water partition coefficient (Wildman–Crippen LogP) is 1.44. The third-order valence-corrected chi connectivity index (χ3v) is 4.11. The lowest BCUT2D eigenvalue weighted by Gasteiger charge is -2.29. The molecule has 16 heavy (non-hydrogen) atoms. The first-order chi connectivity index (χ1) is 7.81. The minimum Gasteiger partial charge on any atom is -0.380 e. The van der Waals surface area contributed by atoms with Crippen LogP contribution in [0.15, 0.2) is 0 Å². The molecule has 3 nitrogen and oxygen atoms in total. The fraction of sp³-hybridized carbons (Fsp3) is 1.00. The molecule has 0 aromatic rings. The van der Waals surface area contributed by atoms with Crippen molar-refractivity contribution in [3.8, 4) is 0 Å². The van der Waals surface area contributed by atoms with E-state index >= 15 is 0 Å². The van der Waals surface area contributed by atoms with Gasteiger partial charge in [0.1, 0.15) is 0 Å². The molecule has 0 spiro atoms. The van der Waals surface area contributed by atoms with E-state index in [9.17, 15) is 0 Å². The Bertz CT molecular complexity index is 210. The molecule has 2 saturated heterocycles. The van der Waals surface area contributed by atoms with Crippen LogP contribution in [0.2, 0.25) is 0 Å². The van der Waals surface area contributed by atoms with Crippen molar-refractivity contribution < 1.29 is 4.74 Å². The molecule has 2 heterocycles. The van der Waals surface area contributed by atoms with Crippen LogP contribution < -0.4 is 0 Å². The van der Waals surface area contributed by atoms with E-state index in [1.807, 2.05) is 0 Å². The van der Waals surface area contributed by atoms with Crippen LogP contribution in [-0.4, -0.2) is 62.3 Å². The van der Waals surface area contributed by atoms with Crippen LogP contribution in [0.25, 0.3) is 0 Å². The molecule has 3 heteroatoms. The van der Waals surface area contributed by atoms with E-state index in [0.717, 1.165) is 31.7 Å². The Kier molecular flexibility index (Phi) is 4.62. The van der Waals surface area contributed by atoms with Crippen molar-refractivity contribution in [2.45, 2.75) is 32.2 Å². The van der Waals surface area contributed by atoms with Crippen LogP contribution >= 0.6 is 0 Å². The van der Waals surface area contributed by atoms with Crippen molar-refractivity contribution in [2.75, 3.05) is 46.4 Å². The van der Waals surface area contributed by atoms with Gasteiger partial charge < -0.3 is 9.64 Å². The minimum absolute atomic E-state index is 0.838. The van der Waals surface area contributed by atoms with E-state index < -0.39 is 0 Å². The molecule has 0 amide bonds. The second-order valence-electron chi connectivity index (χ2n) is 5.25. The first-order valence-corrected chi connectivity index (χ1v) is 6.81. The van der Waals surface area contributed by atoms with E-state index in [1.165, 1.54) is 38.9 Å². The van der Waals surface area contributed by atoms with Crippen molar-refractivity contribution >= 4 is 0 Å². The van der Waals surface area contributed by atoms with Crippen molar-refractivity contribution in [2.24, 2.45) is 5.92 Å². The largest absolute Gasteiger partial charge is 0.380 e. The molecule has 2 aliphatic heterocycles. The molecular weight excluding hydrogens is 200 g/mol. The number of ether oxygens (including phenoxy) is 1. The van der Waals surface area contributed by atoms with Crippen molar-refractivity contribution in [1.29, 1.82) is 0 Å². The van der Waals surface area contributed by atoms with Gasteiger partial charge in [0.15, 0.2) is 0 Å². The van der Waals surface area contributed by atoms with Gasteiger partial charge in [0.05, 0.1) is 6.61 Å². The number of hydrogen-bond acceptors (Lipinski definition) is 3. The van der Waals surface area contributed by atoms with Crippen molar-refractivity contribution in [3.63, 3.8) is 0 Å². The summed E-state index contributed by atoms with van der Waals surface area (Å²) < 4.78 is 5.48. The molecule has 2 atom stereocenters. The van der Waals surface area contributed by atoms with Gasteiger partial charge in [0, 0.05) is 25.7 Å². The number of likely N-dealkylation sites (tertiary alicyclic amines) is 2. The average Bonchev–Trinajstić information content (AvgIpc) is 2.87. The molecule has 0 aliphatic carbocycles. The molecule has 0 radical (unpaired) electrons. The zero-order valence-corrected chi connectivity index (χ0v) is 10.8. The predicted molar refractivity (Wildman–Crippen MR) is 66.7 cm³/mol. The zero-order chi connectivity index (χ0) is 11.4. The Morgan fingerprint density at radius 3 is 2.81 bits per heavy atom. The zero-order valence-electron chi connectivity index (χ0n) is 10.8. The maximum atomic E-state index is 5.48. The normalized spacial score (nSPS) is 32.6. The van der Waals surface area contributed by atoms with Gasteiger partial charge in [-0.25, -0.2) is 0 Å². The maximum Gasteiger partial charge on any atom is 0.0593 e. The molecule has 94 valence electrons. The SMILES string of the molecule is CCOCCN1CCCC1C1CCN(C)C1. The summed E-state index contributed by atoms with van der Waals surface area (Å²) in [6, 6.07) is 0.838. The fourth-order valence-electron chi connectivity index (χ4n) is 3.27. The van der Waals surface area contributed by atoms with E-state index in [4.69, 9.17) is 4.74 Å². The highest BCUT2D eigenvalue weighted by Crippen LogP contribution is 2.29. The summed E-state index contributed by atoms with van der Waals surface area (Å²) in [5.41, 5.74) is 0. The third kappa shape index (κ3) is 2.96. The number of rotatable bonds is 5. The molecule has 2 fully saturated rings. The summed E-state index contributed by atoms with van der Waals surface area (Å²) in [5.74, 6) is 0.911. The van der Waals surface area contributed by atoms with Crippen LogP contribution in [-0.2, 0) is 4.74 Å². The Labute approximate surface area is 99.7 Å². The third-order valence-electron chi connectivity index (χ3n) is 4.11. The van der Waals surface area contributed by atoms with Crippen molar-refractivity contribution in [3.05, 3.63) is 0 Å². The quantitative estimate of drug-likeness (QED) is 0.660. The maximum absolute atomic E-state index is 5.48. The molecule has 2 unspecified atom stereocenters. The first-order valence-electron chi connectivity index (χ1n) is 6.81. The summed E-state index contributed by atoms with van der Waals surface area (Å²) in [6.45, 7) is 8.86. The molecular formula is C13H26N2O. The summed E-state index contributed by atoms with van der Waals surface area (Å²) in [5, 5.41) is 0. The van der Waals surface area contributed by atoms with Crippen LogP contribution in [0.1, 0.15) is 26.2 Å². The van der Waals surface area contributed by atoms with Gasteiger partial charge in [-0.1, -0.05) is 0 Å². The Morgan fingerprint density at radius 2 is 2.12 bits per heavy atom. The molecule has 2 rings (SSSR count). The van der Waals surface area contributed by atoms with Gasteiger partial charge in [0.25, 0.3) is 0 Å². The summed E-state index contributed by atoms with van der Waals surface area (Å²) in [7, 11) is 2.25. The lowest BCUT2D eigenvalue weighted by molar-refractivity contribution is 0.0963. The van der Waals surface area contributed by atoms with E-state index in [2.05, 4.69) is 23.8 Å². The standard InChI is InChI=1S/C13H26N2O/c1-3-16-10-9-15-7-4-5-13(15)12-6-8-14(2)11-12/h12-13H,3-11H2,1-2H3. The molecule has 2 aliphatic rings. The fourth-order valence-corrected chi connectivity index (χ4v) is 3.27. The second-order valence-corrected chi connectivity index (χ2v) is 5.25. The lowest BCUT2D eigenvalue weighted by atomic mass is 9.97. The highest BCUT2D eigenvalue weighted by atomic mass is 16.5. The van der Waals surface area contributed by atoms with Crippen LogP contribution in [0, 0.1) is 5.92 Å². The van der Waals surface area contributed by atoms with Crippen LogP contribution in [0.4, 0.5) is 0 Å². The molecule has 0 aromatic heterocycles. The first kappa shape index (κ1) is 12.3. The van der Waals surface area contributed by atoms with Gasteiger partial charge in [0.2, 0.25) is 0 Å². The van der Waals surface area contributed by atoms with E-state index in [1.54, 1.807) is 0 Å². The Morgan fingerprint density at radius 1 is 1.25 bits per heavy atom. The molecule has 0 bridgehead atoms. The Balaban J connectivity index is 1.78. The van der Waals surface area contributed by atoms with Gasteiger partial charge >= 0.3 is 0 Å². The average molecular weight is 226 g/mol. The summed E-state index contributed by atoms with van der Waals surface area (Å²) >= 11 is 0. The topological polar surface area (TPSA) is 15.7 Å². The highest BCUT2D eigenvalue weighted by Gasteiger charge is 2.34. The monoisotopic (exact) mass is 226 g/mol. The van der Waals surface area contributed by atoms with Gasteiger partial charge in [-0.2, -0.15) is 0 Å².